The fraction of sp³-hybridized carbons (Fsp3) is 0.429. The van der Waals surface area contributed by atoms with Crippen molar-refractivity contribution in [1.29, 1.82) is 0 Å². The van der Waals surface area contributed by atoms with Crippen molar-refractivity contribution in [2.24, 2.45) is 5.92 Å². The van der Waals surface area contributed by atoms with E-state index < -0.39 is 12.0 Å². The summed E-state index contributed by atoms with van der Waals surface area (Å²) in [7, 11) is 1.29. The monoisotopic (exact) mass is 299 g/mol. The van der Waals surface area contributed by atoms with Gasteiger partial charge in [0, 0.05) is 5.02 Å². The Bertz CT molecular complexity index is 459. The number of hydrogen-bond acceptors (Lipinski definition) is 4. The van der Waals surface area contributed by atoms with Crippen LogP contribution in [0.5, 0.6) is 5.75 Å². The highest BCUT2D eigenvalue weighted by Gasteiger charge is 2.24. The first-order valence-corrected chi connectivity index (χ1v) is 6.57. The summed E-state index contributed by atoms with van der Waals surface area (Å²) in [6.07, 6.45) is 0. The number of esters is 1. The highest BCUT2D eigenvalue weighted by Crippen LogP contribution is 2.15. The number of nitrogens with one attached hydrogen (secondary N) is 1. The Balaban J connectivity index is 2.49. The molecule has 1 rings (SSSR count). The van der Waals surface area contributed by atoms with E-state index in [-0.39, 0.29) is 18.4 Å². The van der Waals surface area contributed by atoms with Gasteiger partial charge in [0.05, 0.1) is 7.11 Å². The highest BCUT2D eigenvalue weighted by molar-refractivity contribution is 6.30. The van der Waals surface area contributed by atoms with Crippen molar-refractivity contribution in [3.05, 3.63) is 29.3 Å². The van der Waals surface area contributed by atoms with Gasteiger partial charge in [0.2, 0.25) is 0 Å². The predicted octanol–water partition coefficient (Wildman–Crippen LogP) is 2.03. The van der Waals surface area contributed by atoms with Crippen LogP contribution in [0.25, 0.3) is 0 Å². The summed E-state index contributed by atoms with van der Waals surface area (Å²) >= 11 is 5.74. The number of methoxy groups -OCH3 is 1. The van der Waals surface area contributed by atoms with Gasteiger partial charge in [0.25, 0.3) is 5.91 Å². The topological polar surface area (TPSA) is 64.6 Å². The normalized spacial score (nSPS) is 11.8. The van der Waals surface area contributed by atoms with Gasteiger partial charge in [-0.15, -0.1) is 0 Å². The summed E-state index contributed by atoms with van der Waals surface area (Å²) < 4.78 is 9.94. The minimum absolute atomic E-state index is 0.0677. The fourth-order valence-corrected chi connectivity index (χ4v) is 1.65. The molecule has 0 fully saturated rings. The Labute approximate surface area is 123 Å². The zero-order valence-electron chi connectivity index (χ0n) is 11.7. The van der Waals surface area contributed by atoms with Crippen LogP contribution in [0.3, 0.4) is 0 Å². The van der Waals surface area contributed by atoms with E-state index in [4.69, 9.17) is 16.3 Å². The smallest absolute Gasteiger partial charge is 0.328 e. The molecule has 0 saturated carbocycles. The van der Waals surface area contributed by atoms with E-state index in [1.165, 1.54) is 7.11 Å². The zero-order valence-corrected chi connectivity index (χ0v) is 12.4. The van der Waals surface area contributed by atoms with Crippen LogP contribution in [0.15, 0.2) is 24.3 Å². The quantitative estimate of drug-likeness (QED) is 0.816. The lowest BCUT2D eigenvalue weighted by Crippen LogP contribution is -2.46. The number of amides is 1. The second kappa shape index (κ2) is 7.75. The van der Waals surface area contributed by atoms with E-state index in [9.17, 15) is 9.59 Å². The molecule has 5 nitrogen and oxygen atoms in total. The molecule has 0 aliphatic carbocycles. The molecule has 110 valence electrons. The van der Waals surface area contributed by atoms with E-state index >= 15 is 0 Å². The third-order valence-electron chi connectivity index (χ3n) is 2.62. The Hall–Kier alpha value is -1.75. The van der Waals surface area contributed by atoms with E-state index in [0.29, 0.717) is 10.8 Å². The fourth-order valence-electron chi connectivity index (χ4n) is 1.52. The molecule has 1 aromatic carbocycles. The van der Waals surface area contributed by atoms with E-state index in [1.54, 1.807) is 24.3 Å². The molecule has 20 heavy (non-hydrogen) atoms. The Kier molecular flexibility index (Phi) is 6.31. The first-order chi connectivity index (χ1) is 9.43. The van der Waals surface area contributed by atoms with Crippen LogP contribution in [0.1, 0.15) is 13.8 Å². The molecule has 1 amide bonds. The van der Waals surface area contributed by atoms with Gasteiger partial charge in [-0.05, 0) is 30.2 Å². The summed E-state index contributed by atoms with van der Waals surface area (Å²) in [4.78, 5) is 23.3. The van der Waals surface area contributed by atoms with Crippen molar-refractivity contribution in [1.82, 2.24) is 5.32 Å². The molecular weight excluding hydrogens is 282 g/mol. The zero-order chi connectivity index (χ0) is 15.1. The number of halogens is 1. The number of ether oxygens (including phenoxy) is 2. The van der Waals surface area contributed by atoms with E-state index in [0.717, 1.165) is 0 Å². The molecule has 0 aliphatic rings. The summed E-state index contributed by atoms with van der Waals surface area (Å²) in [6, 6.07) is 5.98. The lowest BCUT2D eigenvalue weighted by molar-refractivity contribution is -0.146. The molecule has 0 aliphatic heterocycles. The maximum Gasteiger partial charge on any atom is 0.328 e. The lowest BCUT2D eigenvalue weighted by Gasteiger charge is -2.19. The number of benzene rings is 1. The number of carbonyl (C=O) groups is 2. The average molecular weight is 300 g/mol. The highest BCUT2D eigenvalue weighted by atomic mass is 35.5. The van der Waals surface area contributed by atoms with Crippen molar-refractivity contribution >= 4 is 23.5 Å². The van der Waals surface area contributed by atoms with Gasteiger partial charge in [0.15, 0.2) is 6.61 Å². The molecule has 0 heterocycles. The predicted molar refractivity (Wildman–Crippen MR) is 75.7 cm³/mol. The van der Waals surface area contributed by atoms with Crippen molar-refractivity contribution in [3.8, 4) is 5.75 Å². The van der Waals surface area contributed by atoms with Crippen LogP contribution in [0, 0.1) is 5.92 Å². The molecule has 1 aromatic rings. The molecule has 0 bridgehead atoms. The molecular formula is C14H18ClNO4. The first kappa shape index (κ1) is 16.3. The summed E-state index contributed by atoms with van der Waals surface area (Å²) in [6.45, 7) is 3.46. The minimum Gasteiger partial charge on any atom is -0.484 e. The van der Waals surface area contributed by atoms with Crippen molar-refractivity contribution in [3.63, 3.8) is 0 Å². The molecule has 1 N–H and O–H groups in total. The number of rotatable bonds is 6. The molecule has 0 unspecified atom stereocenters. The van der Waals surface area contributed by atoms with Crippen molar-refractivity contribution in [2.45, 2.75) is 19.9 Å². The van der Waals surface area contributed by atoms with Crippen molar-refractivity contribution in [2.75, 3.05) is 13.7 Å². The van der Waals surface area contributed by atoms with Crippen LogP contribution in [-0.2, 0) is 14.3 Å². The summed E-state index contributed by atoms with van der Waals surface area (Å²) in [5, 5.41) is 3.17. The largest absolute Gasteiger partial charge is 0.484 e. The van der Waals surface area contributed by atoms with Gasteiger partial charge in [-0.1, -0.05) is 25.4 Å². The van der Waals surface area contributed by atoms with E-state index in [1.807, 2.05) is 13.8 Å². The van der Waals surface area contributed by atoms with Crippen LogP contribution in [0.2, 0.25) is 5.02 Å². The second-order valence-corrected chi connectivity index (χ2v) is 4.99. The van der Waals surface area contributed by atoms with Gasteiger partial charge < -0.3 is 14.8 Å². The second-order valence-electron chi connectivity index (χ2n) is 4.55. The molecule has 0 aromatic heterocycles. The van der Waals surface area contributed by atoms with Gasteiger partial charge >= 0.3 is 5.97 Å². The Morgan fingerprint density at radius 2 is 1.85 bits per heavy atom. The maximum absolute atomic E-state index is 11.7. The molecule has 0 saturated heterocycles. The first-order valence-electron chi connectivity index (χ1n) is 6.19. The van der Waals surface area contributed by atoms with Crippen LogP contribution in [-0.4, -0.2) is 31.6 Å². The summed E-state index contributed by atoms with van der Waals surface area (Å²) in [5.41, 5.74) is 0. The Morgan fingerprint density at radius 1 is 1.25 bits per heavy atom. The minimum atomic E-state index is -0.679. The Morgan fingerprint density at radius 3 is 2.35 bits per heavy atom. The third-order valence-corrected chi connectivity index (χ3v) is 2.87. The van der Waals surface area contributed by atoms with E-state index in [2.05, 4.69) is 10.1 Å². The number of carbonyl (C=O) groups excluding carboxylic acids is 2. The molecule has 6 heteroatoms. The molecule has 0 spiro atoms. The number of hydrogen-bond donors (Lipinski definition) is 1. The average Bonchev–Trinajstić information content (AvgIpc) is 2.43. The van der Waals surface area contributed by atoms with Gasteiger partial charge in [-0.2, -0.15) is 0 Å². The standard InChI is InChI=1S/C14H18ClNO4/c1-9(2)13(14(18)19-3)16-12(17)8-20-11-6-4-10(15)5-7-11/h4-7,9,13H,8H2,1-3H3,(H,16,17)/t13-/m1/s1. The van der Waals surface area contributed by atoms with Gasteiger partial charge in [0.1, 0.15) is 11.8 Å². The van der Waals surface area contributed by atoms with Gasteiger partial charge in [-0.3, -0.25) is 4.79 Å². The maximum atomic E-state index is 11.7. The van der Waals surface area contributed by atoms with Gasteiger partial charge in [-0.25, -0.2) is 4.79 Å². The molecule has 0 radical (unpaired) electrons. The third kappa shape index (κ3) is 5.09. The van der Waals surface area contributed by atoms with Crippen LogP contribution in [0.4, 0.5) is 0 Å². The lowest BCUT2D eigenvalue weighted by atomic mass is 10.0. The van der Waals surface area contributed by atoms with Crippen LogP contribution >= 0.6 is 11.6 Å². The van der Waals surface area contributed by atoms with Crippen molar-refractivity contribution < 1.29 is 19.1 Å². The summed E-state index contributed by atoms with van der Waals surface area (Å²) in [5.74, 6) is -0.394. The van der Waals surface area contributed by atoms with Crippen LogP contribution < -0.4 is 10.1 Å². The molecule has 1 atom stereocenters. The SMILES string of the molecule is COC(=O)[C@H](NC(=O)COc1ccc(Cl)cc1)C(C)C.